The van der Waals surface area contributed by atoms with Crippen LogP contribution >= 0.6 is 0 Å². The highest BCUT2D eigenvalue weighted by Gasteiger charge is 2.31. The number of nitrogens with zero attached hydrogens (tertiary/aromatic N) is 3. The van der Waals surface area contributed by atoms with Crippen LogP contribution in [0.4, 0.5) is 0 Å². The average molecular weight is 368 g/mol. The zero-order valence-corrected chi connectivity index (χ0v) is 14.9. The van der Waals surface area contributed by atoms with Gasteiger partial charge in [0.2, 0.25) is 5.82 Å². The number of amides is 1. The Bertz CT molecular complexity index is 999. The molecular formula is C19H20N4O4. The van der Waals surface area contributed by atoms with Crippen molar-refractivity contribution < 1.29 is 13.9 Å². The number of ether oxygens (including phenoxy) is 1. The van der Waals surface area contributed by atoms with Gasteiger partial charge in [0.15, 0.2) is 5.76 Å². The number of benzene rings is 1. The minimum Gasteiger partial charge on any atom is -0.496 e. The first-order valence-corrected chi connectivity index (χ1v) is 8.83. The van der Waals surface area contributed by atoms with Gasteiger partial charge in [0.25, 0.3) is 5.91 Å². The highest BCUT2D eigenvalue weighted by molar-refractivity contribution is 5.96. The molecule has 0 radical (unpaired) electrons. The van der Waals surface area contributed by atoms with E-state index in [-0.39, 0.29) is 30.7 Å². The molecule has 0 spiro atoms. The normalized spacial score (nSPS) is 13.5. The number of carbonyl (C=O) groups excluding carboxylic acids is 1. The van der Waals surface area contributed by atoms with Gasteiger partial charge in [0.05, 0.1) is 25.5 Å². The fraction of sp³-hybridized carbons (Fsp3) is 0.316. The van der Waals surface area contributed by atoms with Gasteiger partial charge in [-0.3, -0.25) is 9.36 Å². The summed E-state index contributed by atoms with van der Waals surface area (Å²) in [5.74, 6) is 1.35. The van der Waals surface area contributed by atoms with Crippen molar-refractivity contribution in [2.75, 3.05) is 13.7 Å². The Morgan fingerprint density at radius 3 is 2.81 bits per heavy atom. The third-order valence-electron chi connectivity index (χ3n) is 4.48. The van der Waals surface area contributed by atoms with Crippen LogP contribution < -0.4 is 15.7 Å². The van der Waals surface area contributed by atoms with Crippen molar-refractivity contribution in [3.8, 4) is 17.3 Å². The van der Waals surface area contributed by atoms with Crippen LogP contribution in [-0.4, -0.2) is 33.9 Å². The summed E-state index contributed by atoms with van der Waals surface area (Å²) in [5.41, 5.74) is 0.266. The first kappa shape index (κ1) is 17.1. The summed E-state index contributed by atoms with van der Waals surface area (Å²) in [6.45, 7) is 0.545. The SMILES string of the molecule is COc1ccccc1C(=O)NCCn1nc(-c2ccco2)n(C2CC2)c1=O. The van der Waals surface area contributed by atoms with E-state index in [1.165, 1.54) is 11.8 Å². The zero-order valence-electron chi connectivity index (χ0n) is 14.9. The van der Waals surface area contributed by atoms with Crippen molar-refractivity contribution in [2.45, 2.75) is 25.4 Å². The molecule has 0 saturated heterocycles. The number of aromatic nitrogens is 3. The van der Waals surface area contributed by atoms with Crippen molar-refractivity contribution in [3.63, 3.8) is 0 Å². The summed E-state index contributed by atoms with van der Waals surface area (Å²) in [7, 11) is 1.52. The molecule has 0 atom stereocenters. The van der Waals surface area contributed by atoms with Gasteiger partial charge in [-0.05, 0) is 37.1 Å². The Balaban J connectivity index is 1.48. The van der Waals surface area contributed by atoms with Crippen molar-refractivity contribution >= 4 is 5.91 Å². The third kappa shape index (κ3) is 3.38. The van der Waals surface area contributed by atoms with E-state index in [4.69, 9.17) is 9.15 Å². The molecule has 2 aromatic heterocycles. The van der Waals surface area contributed by atoms with Crippen molar-refractivity contribution in [2.24, 2.45) is 0 Å². The molecule has 1 aliphatic carbocycles. The smallest absolute Gasteiger partial charge is 0.346 e. The minimum absolute atomic E-state index is 0.175. The van der Waals surface area contributed by atoms with Gasteiger partial charge in [0.1, 0.15) is 5.75 Å². The number of furan rings is 1. The van der Waals surface area contributed by atoms with E-state index in [0.29, 0.717) is 22.9 Å². The number of carbonyl (C=O) groups is 1. The fourth-order valence-electron chi connectivity index (χ4n) is 3.00. The molecule has 8 nitrogen and oxygen atoms in total. The zero-order chi connectivity index (χ0) is 18.8. The standard InChI is InChI=1S/C19H20N4O4/c1-26-15-6-3-2-5-14(15)18(24)20-10-11-22-19(25)23(13-8-9-13)17(21-22)16-7-4-12-27-16/h2-7,12-13H,8-11H2,1H3,(H,20,24). The largest absolute Gasteiger partial charge is 0.496 e. The number of para-hydroxylation sites is 1. The monoisotopic (exact) mass is 368 g/mol. The van der Waals surface area contributed by atoms with E-state index in [1.54, 1.807) is 47.2 Å². The number of rotatable bonds is 7. The summed E-state index contributed by atoms with van der Waals surface area (Å²) < 4.78 is 13.7. The van der Waals surface area contributed by atoms with E-state index in [9.17, 15) is 9.59 Å². The molecule has 1 aliphatic rings. The van der Waals surface area contributed by atoms with E-state index in [1.807, 2.05) is 0 Å². The molecule has 1 N–H and O–H groups in total. The van der Waals surface area contributed by atoms with E-state index < -0.39 is 0 Å². The molecule has 27 heavy (non-hydrogen) atoms. The second-order valence-corrected chi connectivity index (χ2v) is 6.36. The lowest BCUT2D eigenvalue weighted by Crippen LogP contribution is -2.32. The van der Waals surface area contributed by atoms with Crippen LogP contribution in [0.2, 0.25) is 0 Å². The predicted molar refractivity (Wildman–Crippen MR) is 97.8 cm³/mol. The van der Waals surface area contributed by atoms with Gasteiger partial charge in [-0.1, -0.05) is 12.1 Å². The maximum atomic E-state index is 12.7. The Morgan fingerprint density at radius 2 is 2.11 bits per heavy atom. The van der Waals surface area contributed by atoms with E-state index in [2.05, 4.69) is 10.4 Å². The molecule has 4 rings (SSSR count). The molecule has 1 saturated carbocycles. The number of hydrogen-bond acceptors (Lipinski definition) is 5. The molecule has 0 unspecified atom stereocenters. The second kappa shape index (κ2) is 7.14. The van der Waals surface area contributed by atoms with Crippen molar-refractivity contribution in [3.05, 3.63) is 58.7 Å². The van der Waals surface area contributed by atoms with Gasteiger partial charge < -0.3 is 14.5 Å². The lowest BCUT2D eigenvalue weighted by Gasteiger charge is -2.08. The summed E-state index contributed by atoms with van der Waals surface area (Å²) in [6.07, 6.45) is 3.48. The van der Waals surface area contributed by atoms with Crippen LogP contribution in [-0.2, 0) is 6.54 Å². The van der Waals surface area contributed by atoms with Gasteiger partial charge >= 0.3 is 5.69 Å². The fourth-order valence-corrected chi connectivity index (χ4v) is 3.00. The highest BCUT2D eigenvalue weighted by Crippen LogP contribution is 2.36. The van der Waals surface area contributed by atoms with Crippen LogP contribution in [0.3, 0.4) is 0 Å². The molecule has 2 heterocycles. The molecule has 1 aromatic carbocycles. The Hall–Kier alpha value is -3.29. The molecule has 140 valence electrons. The molecule has 1 fully saturated rings. The lowest BCUT2D eigenvalue weighted by atomic mass is 10.2. The third-order valence-corrected chi connectivity index (χ3v) is 4.48. The molecule has 3 aromatic rings. The minimum atomic E-state index is -0.256. The molecule has 1 amide bonds. The molecular weight excluding hydrogens is 348 g/mol. The van der Waals surface area contributed by atoms with Gasteiger partial charge in [-0.15, -0.1) is 5.10 Å². The summed E-state index contributed by atoms with van der Waals surface area (Å²) in [5, 5.41) is 7.22. The maximum Gasteiger partial charge on any atom is 0.346 e. The average Bonchev–Trinajstić information content (AvgIpc) is 3.26. The Labute approximate surface area is 155 Å². The molecule has 0 aliphatic heterocycles. The summed E-state index contributed by atoms with van der Waals surface area (Å²) in [4.78, 5) is 25.1. The summed E-state index contributed by atoms with van der Waals surface area (Å²) in [6, 6.07) is 10.7. The van der Waals surface area contributed by atoms with Gasteiger partial charge in [0, 0.05) is 12.6 Å². The Kier molecular flexibility index (Phi) is 4.53. The quantitative estimate of drug-likeness (QED) is 0.689. The van der Waals surface area contributed by atoms with Gasteiger partial charge in [-0.25, -0.2) is 9.48 Å². The van der Waals surface area contributed by atoms with Crippen LogP contribution in [0, 0.1) is 0 Å². The second-order valence-electron chi connectivity index (χ2n) is 6.36. The number of hydrogen-bond donors (Lipinski definition) is 1. The number of methoxy groups -OCH3 is 1. The topological polar surface area (TPSA) is 91.3 Å². The van der Waals surface area contributed by atoms with Crippen LogP contribution in [0.5, 0.6) is 5.75 Å². The molecule has 0 bridgehead atoms. The molecule has 8 heteroatoms. The van der Waals surface area contributed by atoms with Gasteiger partial charge in [-0.2, -0.15) is 0 Å². The summed E-state index contributed by atoms with van der Waals surface area (Å²) >= 11 is 0. The first-order chi connectivity index (χ1) is 13.2. The van der Waals surface area contributed by atoms with Crippen LogP contribution in [0.1, 0.15) is 29.2 Å². The van der Waals surface area contributed by atoms with Crippen molar-refractivity contribution in [1.29, 1.82) is 0 Å². The van der Waals surface area contributed by atoms with Crippen LogP contribution in [0.15, 0.2) is 51.9 Å². The Morgan fingerprint density at radius 1 is 1.30 bits per heavy atom. The number of nitrogens with one attached hydrogen (secondary N) is 1. The van der Waals surface area contributed by atoms with E-state index in [0.717, 1.165) is 12.8 Å². The first-order valence-electron chi connectivity index (χ1n) is 8.83. The van der Waals surface area contributed by atoms with E-state index >= 15 is 0 Å². The predicted octanol–water partition coefficient (Wildman–Crippen LogP) is 2.08. The highest BCUT2D eigenvalue weighted by atomic mass is 16.5. The van der Waals surface area contributed by atoms with Crippen molar-refractivity contribution in [1.82, 2.24) is 19.7 Å². The van der Waals surface area contributed by atoms with Crippen LogP contribution in [0.25, 0.3) is 11.6 Å². The lowest BCUT2D eigenvalue weighted by molar-refractivity contribution is 0.0948. The maximum absolute atomic E-state index is 12.7.